The van der Waals surface area contributed by atoms with Crippen molar-refractivity contribution in [1.82, 2.24) is 20.1 Å². The van der Waals surface area contributed by atoms with Gasteiger partial charge >= 0.3 is 0 Å². The number of hydrogen-bond donors (Lipinski definition) is 2. The molecule has 2 rings (SSSR count). The lowest BCUT2D eigenvalue weighted by atomic mass is 9.74. The first-order chi connectivity index (χ1) is 9.00. The van der Waals surface area contributed by atoms with Crippen molar-refractivity contribution < 1.29 is 4.79 Å². The molecule has 3 N–H and O–H groups in total. The van der Waals surface area contributed by atoms with E-state index in [1.807, 2.05) is 18.5 Å². The summed E-state index contributed by atoms with van der Waals surface area (Å²) in [5.41, 5.74) is 5.86. The lowest BCUT2D eigenvalue weighted by molar-refractivity contribution is -0.128. The molecule has 6 heteroatoms. The average molecular weight is 265 g/mol. The molecule has 6 nitrogen and oxygen atoms in total. The van der Waals surface area contributed by atoms with Crippen LogP contribution in [0.3, 0.4) is 0 Å². The Bertz CT molecular complexity index is 440. The number of nitrogens with two attached hydrogens (primary N) is 1. The Balaban J connectivity index is 1.82. The highest BCUT2D eigenvalue weighted by molar-refractivity contribution is 5.80. The molecule has 0 radical (unpaired) electrons. The summed E-state index contributed by atoms with van der Waals surface area (Å²) in [4.78, 5) is 12.2. The van der Waals surface area contributed by atoms with Crippen molar-refractivity contribution in [3.05, 3.63) is 12.2 Å². The maximum atomic E-state index is 12.2. The number of nitrogens with one attached hydrogen (secondary N) is 1. The molecule has 0 bridgehead atoms. The van der Waals surface area contributed by atoms with E-state index in [1.165, 1.54) is 0 Å². The van der Waals surface area contributed by atoms with Crippen molar-refractivity contribution >= 4 is 5.91 Å². The molecular weight excluding hydrogens is 242 g/mol. The summed E-state index contributed by atoms with van der Waals surface area (Å²) in [6.45, 7) is 2.57. The van der Waals surface area contributed by atoms with Gasteiger partial charge in [-0.1, -0.05) is 12.8 Å². The van der Waals surface area contributed by atoms with Crippen molar-refractivity contribution in [3.63, 3.8) is 0 Å². The predicted octanol–water partition coefficient (Wildman–Crippen LogP) is 0.381. The monoisotopic (exact) mass is 265 g/mol. The van der Waals surface area contributed by atoms with E-state index in [4.69, 9.17) is 5.73 Å². The van der Waals surface area contributed by atoms with Crippen molar-refractivity contribution in [1.29, 1.82) is 0 Å². The highest BCUT2D eigenvalue weighted by atomic mass is 16.1. The van der Waals surface area contributed by atoms with E-state index in [-0.39, 0.29) is 17.4 Å². The zero-order valence-corrected chi connectivity index (χ0v) is 11.7. The van der Waals surface area contributed by atoms with Crippen LogP contribution in [0, 0.1) is 5.92 Å². The third-order valence-corrected chi connectivity index (χ3v) is 4.02. The highest BCUT2D eigenvalue weighted by Crippen LogP contribution is 2.31. The topological polar surface area (TPSA) is 85.8 Å². The van der Waals surface area contributed by atoms with Gasteiger partial charge in [-0.25, -0.2) is 0 Å². The molecular formula is C13H23N5O. The molecule has 19 heavy (non-hydrogen) atoms. The molecule has 0 spiro atoms. The van der Waals surface area contributed by atoms with Gasteiger partial charge < -0.3 is 15.6 Å². The molecule has 1 aromatic rings. The summed E-state index contributed by atoms with van der Waals surface area (Å²) in [5, 5.41) is 10.8. The van der Waals surface area contributed by atoms with E-state index in [1.54, 1.807) is 6.33 Å². The van der Waals surface area contributed by atoms with E-state index in [2.05, 4.69) is 15.5 Å². The number of nitrogens with zero attached hydrogens (tertiary/aromatic N) is 3. The fourth-order valence-electron chi connectivity index (χ4n) is 2.74. The van der Waals surface area contributed by atoms with Gasteiger partial charge in [0, 0.05) is 25.6 Å². The minimum absolute atomic E-state index is 0.0688. The number of hydrogen-bond acceptors (Lipinski definition) is 4. The smallest absolute Gasteiger partial charge is 0.224 e. The quantitative estimate of drug-likeness (QED) is 0.824. The van der Waals surface area contributed by atoms with Crippen LogP contribution >= 0.6 is 0 Å². The largest absolute Gasteiger partial charge is 0.355 e. The first-order valence-electron chi connectivity index (χ1n) is 6.90. The molecule has 106 valence electrons. The second-order valence-electron chi connectivity index (χ2n) is 5.70. The summed E-state index contributed by atoms with van der Waals surface area (Å²) in [7, 11) is 1.90. The fraction of sp³-hybridized carbons (Fsp3) is 0.769. The van der Waals surface area contributed by atoms with Gasteiger partial charge in [0.25, 0.3) is 0 Å². The standard InChI is InChI=1S/C13H23N5O/c1-13(14)7-4-3-5-10(13)12(19)15-8-6-11-17-16-9-18(11)2/h9-10H,3-8,14H2,1-2H3,(H,15,19). The maximum Gasteiger partial charge on any atom is 0.224 e. The Morgan fingerprint density at radius 2 is 2.42 bits per heavy atom. The highest BCUT2D eigenvalue weighted by Gasteiger charge is 2.37. The second-order valence-corrected chi connectivity index (χ2v) is 5.70. The molecule has 2 atom stereocenters. The van der Waals surface area contributed by atoms with Crippen molar-refractivity contribution in [2.45, 2.75) is 44.6 Å². The van der Waals surface area contributed by atoms with Crippen LogP contribution in [0.1, 0.15) is 38.4 Å². The molecule has 1 heterocycles. The van der Waals surface area contributed by atoms with E-state index < -0.39 is 0 Å². The average Bonchev–Trinajstić information content (AvgIpc) is 2.74. The van der Waals surface area contributed by atoms with Gasteiger partial charge in [-0.15, -0.1) is 10.2 Å². The number of aromatic nitrogens is 3. The molecule has 1 saturated carbocycles. The molecule has 1 aliphatic rings. The van der Waals surface area contributed by atoms with E-state index >= 15 is 0 Å². The Morgan fingerprint density at radius 3 is 3.05 bits per heavy atom. The predicted molar refractivity (Wildman–Crippen MR) is 72.3 cm³/mol. The van der Waals surface area contributed by atoms with E-state index in [0.717, 1.165) is 31.5 Å². The molecule has 1 aliphatic carbocycles. The molecule has 1 fully saturated rings. The third-order valence-electron chi connectivity index (χ3n) is 4.02. The summed E-state index contributed by atoms with van der Waals surface area (Å²) in [6, 6.07) is 0. The summed E-state index contributed by atoms with van der Waals surface area (Å²) in [6.07, 6.45) is 6.38. The molecule has 0 aromatic carbocycles. The van der Waals surface area contributed by atoms with Crippen LogP contribution < -0.4 is 11.1 Å². The van der Waals surface area contributed by atoms with Gasteiger partial charge in [-0.3, -0.25) is 4.79 Å². The van der Waals surface area contributed by atoms with Gasteiger partial charge in [-0.05, 0) is 19.8 Å². The van der Waals surface area contributed by atoms with Crippen molar-refractivity contribution in [2.24, 2.45) is 18.7 Å². The number of rotatable bonds is 4. The zero-order valence-electron chi connectivity index (χ0n) is 11.7. The van der Waals surface area contributed by atoms with Crippen LogP contribution in [0.4, 0.5) is 0 Å². The molecule has 1 aromatic heterocycles. The normalized spacial score (nSPS) is 27.2. The molecule has 0 saturated heterocycles. The Morgan fingerprint density at radius 1 is 1.63 bits per heavy atom. The molecule has 2 unspecified atom stereocenters. The lowest BCUT2D eigenvalue weighted by Gasteiger charge is -2.37. The van der Waals surface area contributed by atoms with Gasteiger partial charge in [-0.2, -0.15) is 0 Å². The van der Waals surface area contributed by atoms with E-state index in [0.29, 0.717) is 13.0 Å². The Kier molecular flexibility index (Phi) is 4.19. The van der Waals surface area contributed by atoms with Crippen molar-refractivity contribution in [3.8, 4) is 0 Å². The molecule has 0 aliphatic heterocycles. The number of carbonyl (C=O) groups excluding carboxylic acids is 1. The Labute approximate surface area is 113 Å². The summed E-state index contributed by atoms with van der Waals surface area (Å²) >= 11 is 0. The minimum Gasteiger partial charge on any atom is -0.355 e. The molecule has 1 amide bonds. The first kappa shape index (κ1) is 14.0. The van der Waals surface area contributed by atoms with Gasteiger partial charge in [0.05, 0.1) is 5.92 Å². The summed E-state index contributed by atoms with van der Waals surface area (Å²) < 4.78 is 1.86. The zero-order chi connectivity index (χ0) is 13.9. The number of aryl methyl sites for hydroxylation is 1. The first-order valence-corrected chi connectivity index (χ1v) is 6.90. The number of amides is 1. The van der Waals surface area contributed by atoms with Crippen LogP contribution in [0.15, 0.2) is 6.33 Å². The van der Waals surface area contributed by atoms with Crippen LogP contribution in [0.2, 0.25) is 0 Å². The minimum atomic E-state index is -0.368. The van der Waals surface area contributed by atoms with Gasteiger partial charge in [0.15, 0.2) is 0 Å². The SMILES string of the molecule is Cn1cnnc1CCNC(=O)C1CCCCC1(C)N. The van der Waals surface area contributed by atoms with Crippen LogP contribution in [-0.4, -0.2) is 32.8 Å². The van der Waals surface area contributed by atoms with Gasteiger partial charge in [0.2, 0.25) is 5.91 Å². The van der Waals surface area contributed by atoms with Crippen LogP contribution in [0.25, 0.3) is 0 Å². The fourth-order valence-corrected chi connectivity index (χ4v) is 2.74. The maximum absolute atomic E-state index is 12.2. The number of carbonyl (C=O) groups is 1. The van der Waals surface area contributed by atoms with Crippen LogP contribution in [-0.2, 0) is 18.3 Å². The van der Waals surface area contributed by atoms with Crippen molar-refractivity contribution in [2.75, 3.05) is 6.54 Å². The summed E-state index contributed by atoms with van der Waals surface area (Å²) in [5.74, 6) is 0.882. The van der Waals surface area contributed by atoms with E-state index in [9.17, 15) is 4.79 Å². The second kappa shape index (κ2) is 5.69. The van der Waals surface area contributed by atoms with Crippen LogP contribution in [0.5, 0.6) is 0 Å². The van der Waals surface area contributed by atoms with Gasteiger partial charge in [0.1, 0.15) is 12.2 Å². The third kappa shape index (κ3) is 3.32. The Hall–Kier alpha value is -1.43. The lowest BCUT2D eigenvalue weighted by Crippen LogP contribution is -2.53.